The Morgan fingerprint density at radius 2 is 2.25 bits per heavy atom. The molecule has 92 valence electrons. The molecule has 0 aromatic carbocycles. The Morgan fingerprint density at radius 3 is 2.69 bits per heavy atom. The Bertz CT molecular complexity index is 324. The van der Waals surface area contributed by atoms with Crippen molar-refractivity contribution >= 4 is 0 Å². The van der Waals surface area contributed by atoms with Gasteiger partial charge in [0.2, 0.25) is 0 Å². The van der Waals surface area contributed by atoms with Crippen molar-refractivity contribution in [3.05, 3.63) is 12.4 Å². The van der Waals surface area contributed by atoms with Crippen molar-refractivity contribution in [1.29, 1.82) is 0 Å². The first-order chi connectivity index (χ1) is 7.47. The highest BCUT2D eigenvalue weighted by molar-refractivity contribution is 5.12. The molecule has 16 heavy (non-hydrogen) atoms. The van der Waals surface area contributed by atoms with Crippen LogP contribution in [0.1, 0.15) is 13.3 Å². The molecule has 4 nitrogen and oxygen atoms in total. The Hall–Kier alpha value is -1.24. The summed E-state index contributed by atoms with van der Waals surface area (Å²) in [5, 5.41) is 3.82. The number of ether oxygens (including phenoxy) is 1. The number of aryl methyl sites for hydroxylation is 1. The van der Waals surface area contributed by atoms with Gasteiger partial charge in [-0.2, -0.15) is 18.3 Å². The van der Waals surface area contributed by atoms with Gasteiger partial charge in [-0.25, -0.2) is 0 Å². The highest BCUT2D eigenvalue weighted by Gasteiger charge is 2.41. The average molecular weight is 237 g/mol. The van der Waals surface area contributed by atoms with E-state index in [4.69, 9.17) is 10.5 Å². The van der Waals surface area contributed by atoms with Crippen LogP contribution in [0, 0.1) is 0 Å². The molecule has 1 aromatic rings. The summed E-state index contributed by atoms with van der Waals surface area (Å²) in [6, 6.07) is 0. The summed E-state index contributed by atoms with van der Waals surface area (Å²) in [6.07, 6.45) is -3.85. The molecule has 0 amide bonds. The summed E-state index contributed by atoms with van der Waals surface area (Å²) in [5.74, 6) is 0.109. The predicted octanol–water partition coefficient (Wildman–Crippen LogP) is 1.56. The van der Waals surface area contributed by atoms with Gasteiger partial charge in [0.1, 0.15) is 0 Å². The van der Waals surface area contributed by atoms with Gasteiger partial charge < -0.3 is 10.5 Å². The molecular weight excluding hydrogens is 223 g/mol. The Labute approximate surface area is 91.2 Å². The number of halogens is 3. The van der Waals surface area contributed by atoms with Gasteiger partial charge in [0.15, 0.2) is 11.9 Å². The molecule has 0 spiro atoms. The van der Waals surface area contributed by atoms with Gasteiger partial charge in [-0.15, -0.1) is 0 Å². The maximum atomic E-state index is 12.5. The molecule has 0 aliphatic rings. The Kier molecular flexibility index (Phi) is 4.17. The van der Waals surface area contributed by atoms with Crippen LogP contribution >= 0.6 is 0 Å². The van der Waals surface area contributed by atoms with E-state index in [1.54, 1.807) is 0 Å². The lowest BCUT2D eigenvalue weighted by molar-refractivity contribution is -0.196. The highest BCUT2D eigenvalue weighted by atomic mass is 19.4. The second-order valence-electron chi connectivity index (χ2n) is 3.26. The molecule has 1 heterocycles. The van der Waals surface area contributed by atoms with Crippen LogP contribution in [-0.4, -0.2) is 28.6 Å². The zero-order valence-electron chi connectivity index (χ0n) is 8.87. The van der Waals surface area contributed by atoms with Crippen LogP contribution < -0.4 is 10.5 Å². The van der Waals surface area contributed by atoms with E-state index in [0.29, 0.717) is 6.54 Å². The van der Waals surface area contributed by atoms with E-state index < -0.39 is 12.3 Å². The first kappa shape index (κ1) is 12.8. The summed E-state index contributed by atoms with van der Waals surface area (Å²) >= 11 is 0. The quantitative estimate of drug-likeness (QED) is 0.845. The van der Waals surface area contributed by atoms with E-state index >= 15 is 0 Å². The summed E-state index contributed by atoms with van der Waals surface area (Å²) in [4.78, 5) is 0. The minimum Gasteiger partial charge on any atom is -0.478 e. The van der Waals surface area contributed by atoms with Crippen LogP contribution in [0.3, 0.4) is 0 Å². The van der Waals surface area contributed by atoms with Crippen LogP contribution in [0.4, 0.5) is 13.2 Å². The van der Waals surface area contributed by atoms with Crippen LogP contribution in [-0.2, 0) is 6.54 Å². The molecule has 0 fully saturated rings. The van der Waals surface area contributed by atoms with Gasteiger partial charge in [0.05, 0.1) is 12.4 Å². The van der Waals surface area contributed by atoms with E-state index in [2.05, 4.69) is 5.10 Å². The molecule has 0 saturated heterocycles. The largest absolute Gasteiger partial charge is 0.478 e. The minimum atomic E-state index is -4.41. The lowest BCUT2D eigenvalue weighted by atomic mass is 10.2. The monoisotopic (exact) mass is 237 g/mol. The van der Waals surface area contributed by atoms with Gasteiger partial charge in [0.25, 0.3) is 0 Å². The lowest BCUT2D eigenvalue weighted by Crippen LogP contribution is -2.36. The van der Waals surface area contributed by atoms with E-state index in [9.17, 15) is 13.2 Å². The average Bonchev–Trinajstić information content (AvgIpc) is 2.63. The third kappa shape index (κ3) is 3.41. The first-order valence-corrected chi connectivity index (χ1v) is 4.93. The molecule has 1 atom stereocenters. The molecule has 1 aromatic heterocycles. The number of aromatic nitrogens is 2. The summed E-state index contributed by atoms with van der Waals surface area (Å²) < 4.78 is 43.7. The first-order valence-electron chi connectivity index (χ1n) is 4.93. The number of nitrogens with zero attached hydrogens (tertiary/aromatic N) is 2. The fourth-order valence-corrected chi connectivity index (χ4v) is 1.18. The second-order valence-corrected chi connectivity index (χ2v) is 3.26. The SMILES string of the molecule is CCn1cc(OC(CCN)C(F)(F)F)cn1. The molecule has 7 heteroatoms. The molecule has 0 radical (unpaired) electrons. The number of nitrogens with two attached hydrogens (primary N) is 1. The van der Waals surface area contributed by atoms with Gasteiger partial charge in [-0.1, -0.05) is 0 Å². The van der Waals surface area contributed by atoms with E-state index in [0.717, 1.165) is 0 Å². The van der Waals surface area contributed by atoms with Gasteiger partial charge in [0, 0.05) is 13.0 Å². The van der Waals surface area contributed by atoms with Crippen molar-refractivity contribution in [2.75, 3.05) is 6.54 Å². The van der Waals surface area contributed by atoms with Crippen LogP contribution in [0.25, 0.3) is 0 Å². The van der Waals surface area contributed by atoms with Crippen LogP contribution in [0.15, 0.2) is 12.4 Å². The van der Waals surface area contributed by atoms with Crippen molar-refractivity contribution in [2.24, 2.45) is 5.73 Å². The number of rotatable bonds is 5. The molecular formula is C9H14F3N3O. The van der Waals surface area contributed by atoms with Crippen molar-refractivity contribution in [2.45, 2.75) is 32.2 Å². The van der Waals surface area contributed by atoms with Crippen molar-refractivity contribution in [3.8, 4) is 5.75 Å². The number of hydrogen-bond donors (Lipinski definition) is 1. The maximum Gasteiger partial charge on any atom is 0.425 e. The maximum absolute atomic E-state index is 12.5. The molecule has 0 saturated carbocycles. The molecule has 2 N–H and O–H groups in total. The topological polar surface area (TPSA) is 53.1 Å². The van der Waals surface area contributed by atoms with Gasteiger partial charge >= 0.3 is 6.18 Å². The smallest absolute Gasteiger partial charge is 0.425 e. The van der Waals surface area contributed by atoms with Crippen molar-refractivity contribution in [1.82, 2.24) is 9.78 Å². The molecule has 0 aliphatic heterocycles. The Morgan fingerprint density at radius 1 is 1.56 bits per heavy atom. The van der Waals surface area contributed by atoms with Gasteiger partial charge in [-0.05, 0) is 13.5 Å². The fraction of sp³-hybridized carbons (Fsp3) is 0.667. The van der Waals surface area contributed by atoms with Crippen LogP contribution in [0.2, 0.25) is 0 Å². The number of alkyl halides is 3. The highest BCUT2D eigenvalue weighted by Crippen LogP contribution is 2.26. The summed E-state index contributed by atoms with van der Waals surface area (Å²) in [6.45, 7) is 2.33. The third-order valence-electron chi connectivity index (χ3n) is 2.01. The molecule has 0 aliphatic carbocycles. The second kappa shape index (κ2) is 5.20. The van der Waals surface area contributed by atoms with Crippen LogP contribution in [0.5, 0.6) is 5.75 Å². The van der Waals surface area contributed by atoms with E-state index in [-0.39, 0.29) is 18.7 Å². The molecule has 0 bridgehead atoms. The van der Waals surface area contributed by atoms with E-state index in [1.165, 1.54) is 17.1 Å². The zero-order chi connectivity index (χ0) is 12.2. The minimum absolute atomic E-state index is 0.0773. The van der Waals surface area contributed by atoms with Gasteiger partial charge in [-0.3, -0.25) is 4.68 Å². The summed E-state index contributed by atoms with van der Waals surface area (Å²) in [5.41, 5.74) is 5.11. The molecule has 1 unspecified atom stereocenters. The number of hydrogen-bond acceptors (Lipinski definition) is 3. The fourth-order valence-electron chi connectivity index (χ4n) is 1.18. The zero-order valence-corrected chi connectivity index (χ0v) is 8.87. The normalized spacial score (nSPS) is 13.8. The predicted molar refractivity (Wildman–Crippen MR) is 52.0 cm³/mol. The third-order valence-corrected chi connectivity index (χ3v) is 2.01. The Balaban J connectivity index is 2.67. The standard InChI is InChI=1S/C9H14F3N3O/c1-2-15-6-7(5-14-15)16-8(3-4-13)9(10,11)12/h5-6,8H,2-4,13H2,1H3. The van der Waals surface area contributed by atoms with E-state index in [1.807, 2.05) is 6.92 Å². The lowest BCUT2D eigenvalue weighted by Gasteiger charge is -2.19. The van der Waals surface area contributed by atoms with Crippen molar-refractivity contribution < 1.29 is 17.9 Å². The summed E-state index contributed by atoms with van der Waals surface area (Å²) in [7, 11) is 0. The molecule has 1 rings (SSSR count). The van der Waals surface area contributed by atoms with Crippen molar-refractivity contribution in [3.63, 3.8) is 0 Å².